The van der Waals surface area contributed by atoms with Gasteiger partial charge in [0, 0.05) is 17.2 Å². The summed E-state index contributed by atoms with van der Waals surface area (Å²) in [5, 5.41) is 50.0. The van der Waals surface area contributed by atoms with Gasteiger partial charge in [-0.3, -0.25) is 20.2 Å². The molecule has 0 aromatic heterocycles. The Kier molecular flexibility index (Phi) is 8.50. The molecule has 0 fully saturated rings. The van der Waals surface area contributed by atoms with E-state index in [0.717, 1.165) is 0 Å². The van der Waals surface area contributed by atoms with Crippen LogP contribution < -0.4 is 10.4 Å². The minimum Gasteiger partial charge on any atom is -0.258 e. The van der Waals surface area contributed by atoms with Crippen LogP contribution in [-0.2, 0) is 12.8 Å². The predicted octanol–water partition coefficient (Wildman–Crippen LogP) is 6.16. The average Bonchev–Trinajstić information content (AvgIpc) is 3.67. The van der Waals surface area contributed by atoms with Gasteiger partial charge in [-0.15, -0.1) is 0 Å². The molecule has 0 saturated heterocycles. The van der Waals surface area contributed by atoms with Crippen LogP contribution in [0.15, 0.2) is 22.5 Å². The van der Waals surface area contributed by atoms with Gasteiger partial charge >= 0.3 is 17.2 Å². The molecule has 0 radical (unpaired) electrons. The molecule has 12 nitrogen and oxygen atoms in total. The third-order valence-electron chi connectivity index (χ3n) is 8.06. The first-order valence-electron chi connectivity index (χ1n) is 13.4. The van der Waals surface area contributed by atoms with E-state index >= 15 is 35.1 Å². The number of hydrogen-bond acceptors (Lipinski definition) is 7. The van der Waals surface area contributed by atoms with Crippen molar-refractivity contribution < 1.29 is 45.0 Å². The van der Waals surface area contributed by atoms with E-state index in [0.29, 0.717) is 0 Å². The van der Waals surface area contributed by atoms with E-state index in [2.05, 4.69) is 14.5 Å². The summed E-state index contributed by atoms with van der Waals surface area (Å²) in [6, 6.07) is 4.23. The number of nitro benzene ring substituents is 2. The molecule has 0 saturated carbocycles. The van der Waals surface area contributed by atoms with Crippen LogP contribution in [0.4, 0.5) is 46.5 Å². The SMILES string of the molecule is [C-]#[N+]C([N+]#[C-])=C1Cc2c(-c3c(F)c(F)c([N+](=O)[O-])c(F)c3F)c3c(c(-c4c(F)c(F)c([N+](=O)[O-])c(F)c4F)c2=C1[N+]#[C-])CC(=C(C#N)C#N)C=3C#N. The maximum absolute atomic E-state index is 15.9. The quantitative estimate of drug-likeness (QED) is 0.0778. The molecule has 0 atom stereocenters. The molecule has 3 aromatic carbocycles. The Morgan fingerprint density at radius 2 is 1.00 bits per heavy atom. The zero-order valence-electron chi connectivity index (χ0n) is 24.6. The lowest BCUT2D eigenvalue weighted by Crippen LogP contribution is -2.26. The minimum atomic E-state index is -2.62. The number of nitrogens with zero attached hydrogens (tertiary/aromatic N) is 8. The van der Waals surface area contributed by atoms with E-state index in [1.54, 1.807) is 0 Å². The molecule has 20 heteroatoms. The lowest BCUT2D eigenvalue weighted by Gasteiger charge is -2.19. The second-order valence-corrected chi connectivity index (χ2v) is 10.3. The van der Waals surface area contributed by atoms with Gasteiger partial charge in [-0.1, -0.05) is 0 Å². The summed E-state index contributed by atoms with van der Waals surface area (Å²) in [6.45, 7) is 22.6. The highest BCUT2D eigenvalue weighted by molar-refractivity contribution is 5.96. The van der Waals surface area contributed by atoms with Gasteiger partial charge in [0.05, 0.1) is 38.7 Å². The highest BCUT2D eigenvalue weighted by Gasteiger charge is 2.43. The van der Waals surface area contributed by atoms with Crippen molar-refractivity contribution in [2.24, 2.45) is 0 Å². The number of hydrogen-bond donors (Lipinski definition) is 0. The molecular formula is C32H4F8N8O4. The molecule has 0 aliphatic heterocycles. The summed E-state index contributed by atoms with van der Waals surface area (Å²) >= 11 is 0. The molecule has 3 aromatic rings. The maximum Gasteiger partial charge on any atom is 0.512 e. The number of allylic oxidation sites excluding steroid dienone is 2. The van der Waals surface area contributed by atoms with Gasteiger partial charge < -0.3 is 0 Å². The fourth-order valence-corrected chi connectivity index (χ4v) is 6.09. The van der Waals surface area contributed by atoms with Crippen LogP contribution in [0.2, 0.25) is 0 Å². The molecule has 0 heterocycles. The van der Waals surface area contributed by atoms with Crippen molar-refractivity contribution in [1.29, 1.82) is 15.8 Å². The van der Waals surface area contributed by atoms with Gasteiger partial charge in [-0.25, -0.2) is 22.4 Å². The standard InChI is InChI=1S/C32H4F8N8O4/c1-44-29-13(32(45-2)46-3)5-12-16(19-21(33)25(37)30(47(49)50)26(38)22(19)34)15-11(4-10(14(15)8-43)9(6-41)7-42)17(18(12)29)20-23(35)27(39)31(48(51)52)28(40)24(20)36/h4-5H2. The number of nitro groups is 2. The topological polar surface area (TPSA) is 171 Å². The number of rotatable bonds is 4. The van der Waals surface area contributed by atoms with Gasteiger partial charge in [0.25, 0.3) is 0 Å². The average molecular weight is 716 g/mol. The Bertz CT molecular complexity index is 2520. The largest absolute Gasteiger partial charge is 0.512 e. The molecule has 5 rings (SSSR count). The van der Waals surface area contributed by atoms with Crippen LogP contribution in [-0.4, -0.2) is 9.85 Å². The van der Waals surface area contributed by atoms with Crippen molar-refractivity contribution in [2.75, 3.05) is 0 Å². The second-order valence-electron chi connectivity index (χ2n) is 10.3. The Morgan fingerprint density at radius 1 is 0.615 bits per heavy atom. The van der Waals surface area contributed by atoms with Crippen molar-refractivity contribution in [2.45, 2.75) is 12.8 Å². The third kappa shape index (κ3) is 4.61. The summed E-state index contributed by atoms with van der Waals surface area (Å²) in [7, 11) is 0. The molecule has 0 N–H and O–H groups in total. The highest BCUT2D eigenvalue weighted by atomic mass is 19.2. The molecule has 0 unspecified atom stereocenters. The zero-order chi connectivity index (χ0) is 38.7. The van der Waals surface area contributed by atoms with Crippen molar-refractivity contribution in [3.8, 4) is 40.5 Å². The molecule has 0 bridgehead atoms. The summed E-state index contributed by atoms with van der Waals surface area (Å²) in [5.74, 6) is -21.5. The Morgan fingerprint density at radius 3 is 1.35 bits per heavy atom. The minimum absolute atomic E-state index is 0.683. The first kappa shape index (κ1) is 35.4. The Hall–Kier alpha value is -7.94. The zero-order valence-corrected chi connectivity index (χ0v) is 24.6. The summed E-state index contributed by atoms with van der Waals surface area (Å²) in [5.41, 5.74) is -16.8. The van der Waals surface area contributed by atoms with Crippen LogP contribution >= 0.6 is 0 Å². The van der Waals surface area contributed by atoms with Crippen LogP contribution in [0, 0.1) is 120 Å². The van der Waals surface area contributed by atoms with E-state index in [1.807, 2.05) is 0 Å². The molecule has 252 valence electrons. The Labute approximate surface area is 282 Å². The monoisotopic (exact) mass is 716 g/mol. The summed E-state index contributed by atoms with van der Waals surface area (Å²) < 4.78 is 124. The number of benzene rings is 3. The number of fused-ring (bicyclic) bond motifs is 2. The molecule has 52 heavy (non-hydrogen) atoms. The fourth-order valence-electron chi connectivity index (χ4n) is 6.09. The molecule has 0 spiro atoms. The van der Waals surface area contributed by atoms with E-state index in [9.17, 15) is 36.0 Å². The Balaban J connectivity index is 2.30. The van der Waals surface area contributed by atoms with Crippen LogP contribution in [0.25, 0.3) is 48.1 Å². The van der Waals surface area contributed by atoms with E-state index in [4.69, 9.17) is 19.7 Å². The molecule has 0 amide bonds. The van der Waals surface area contributed by atoms with E-state index in [-0.39, 0.29) is 0 Å². The summed E-state index contributed by atoms with van der Waals surface area (Å²) in [4.78, 5) is 27.9. The van der Waals surface area contributed by atoms with Gasteiger partial charge in [0.15, 0.2) is 29.0 Å². The second kappa shape index (κ2) is 12.5. The molecular weight excluding hydrogens is 712 g/mol. The number of nitriles is 3. The van der Waals surface area contributed by atoms with Crippen LogP contribution in [0.3, 0.4) is 0 Å². The van der Waals surface area contributed by atoms with Crippen molar-refractivity contribution in [3.05, 3.63) is 145 Å². The van der Waals surface area contributed by atoms with Crippen molar-refractivity contribution in [1.82, 2.24) is 0 Å². The van der Waals surface area contributed by atoms with Gasteiger partial charge in [-0.05, 0) is 33.9 Å². The lowest BCUT2D eigenvalue weighted by molar-refractivity contribution is -0.390. The fraction of sp³-hybridized carbons (Fsp3) is 0.0625. The summed E-state index contributed by atoms with van der Waals surface area (Å²) in [6.07, 6.45) is -2.17. The lowest BCUT2D eigenvalue weighted by atomic mass is 9.85. The van der Waals surface area contributed by atoms with Gasteiger partial charge in [-0.2, -0.15) is 43.0 Å². The van der Waals surface area contributed by atoms with Gasteiger partial charge in [0.2, 0.25) is 23.3 Å². The third-order valence-corrected chi connectivity index (χ3v) is 8.06. The smallest absolute Gasteiger partial charge is 0.258 e. The van der Waals surface area contributed by atoms with E-state index in [1.165, 1.54) is 18.2 Å². The first-order valence-corrected chi connectivity index (χ1v) is 13.4. The van der Waals surface area contributed by atoms with Crippen molar-refractivity contribution >= 4 is 22.6 Å². The van der Waals surface area contributed by atoms with Crippen LogP contribution in [0.5, 0.6) is 0 Å². The molecule has 2 aliphatic rings. The normalized spacial score (nSPS) is 12.5. The molecule has 2 aliphatic carbocycles. The first-order chi connectivity index (χ1) is 24.6. The van der Waals surface area contributed by atoms with Crippen molar-refractivity contribution in [3.63, 3.8) is 0 Å². The predicted molar refractivity (Wildman–Crippen MR) is 154 cm³/mol. The van der Waals surface area contributed by atoms with Gasteiger partial charge in [0.1, 0.15) is 36.9 Å². The van der Waals surface area contributed by atoms with Crippen LogP contribution in [0.1, 0.15) is 11.1 Å². The van der Waals surface area contributed by atoms with E-state index < -0.39 is 158 Å². The highest BCUT2D eigenvalue weighted by Crippen LogP contribution is 2.45. The number of halogens is 8. The maximum atomic E-state index is 15.9.